The van der Waals surface area contributed by atoms with Crippen molar-refractivity contribution in [1.82, 2.24) is 15.1 Å². The van der Waals surface area contributed by atoms with Gasteiger partial charge >= 0.3 is 0 Å². The summed E-state index contributed by atoms with van der Waals surface area (Å²) in [5.74, 6) is 0.995. The van der Waals surface area contributed by atoms with E-state index in [1.54, 1.807) is 6.20 Å². The van der Waals surface area contributed by atoms with Gasteiger partial charge < -0.3 is 5.32 Å². The van der Waals surface area contributed by atoms with Crippen molar-refractivity contribution in [1.29, 1.82) is 0 Å². The van der Waals surface area contributed by atoms with Crippen LogP contribution >= 0.6 is 23.4 Å². The Bertz CT molecular complexity index is 371. The molecule has 1 N–H and O–H groups in total. The van der Waals surface area contributed by atoms with Gasteiger partial charge in [-0.25, -0.2) is 0 Å². The minimum atomic E-state index is 0.246. The van der Waals surface area contributed by atoms with Gasteiger partial charge in [-0.05, 0) is 13.5 Å². The Morgan fingerprint density at radius 2 is 2.17 bits per heavy atom. The lowest BCUT2D eigenvalue weighted by molar-refractivity contribution is 0.523. The molecule has 0 saturated heterocycles. The lowest BCUT2D eigenvalue weighted by atomic mass is 10.2. The van der Waals surface area contributed by atoms with Crippen molar-refractivity contribution in [3.63, 3.8) is 0 Å². The number of thioether (sulfide) groups is 1. The summed E-state index contributed by atoms with van der Waals surface area (Å²) in [5, 5.41) is 8.47. The highest BCUT2D eigenvalue weighted by molar-refractivity contribution is 8.00. The lowest BCUT2D eigenvalue weighted by Crippen LogP contribution is -2.25. The van der Waals surface area contributed by atoms with Crippen LogP contribution in [-0.2, 0) is 6.54 Å². The van der Waals surface area contributed by atoms with E-state index in [4.69, 9.17) is 11.6 Å². The van der Waals surface area contributed by atoms with Crippen molar-refractivity contribution >= 4 is 23.4 Å². The number of hydrogen-bond donors (Lipinski definition) is 1. The molecular formula is C13H24ClN3S. The zero-order valence-electron chi connectivity index (χ0n) is 12.0. The summed E-state index contributed by atoms with van der Waals surface area (Å²) in [6.07, 6.45) is 2.81. The summed E-state index contributed by atoms with van der Waals surface area (Å²) >= 11 is 8.21. The largest absolute Gasteiger partial charge is 0.311 e. The second-order valence-electron chi connectivity index (χ2n) is 5.37. The first-order valence-electron chi connectivity index (χ1n) is 6.41. The van der Waals surface area contributed by atoms with Crippen LogP contribution in [0.25, 0.3) is 0 Å². The molecule has 0 amide bonds. The Balaban J connectivity index is 2.84. The summed E-state index contributed by atoms with van der Waals surface area (Å²) in [7, 11) is 1.98. The maximum absolute atomic E-state index is 6.27. The molecule has 0 aliphatic heterocycles. The summed E-state index contributed by atoms with van der Waals surface area (Å²) in [5.41, 5.74) is 1.11. The Kier molecular flexibility index (Phi) is 6.02. The van der Waals surface area contributed by atoms with E-state index in [1.807, 2.05) is 23.5 Å². The third-order valence-corrected chi connectivity index (χ3v) is 4.29. The number of halogens is 1. The van der Waals surface area contributed by atoms with Gasteiger partial charge in [0.05, 0.1) is 23.0 Å². The standard InChI is InChI=1S/C13H24ClN3S/c1-6-7-17-12(10(14)8-16-17)11(15-5)9-18-13(2,3)4/h8,11,15H,6-7,9H2,1-5H3. The molecular weight excluding hydrogens is 266 g/mol. The molecule has 3 nitrogen and oxygen atoms in total. The molecule has 0 fully saturated rings. The molecule has 1 unspecified atom stereocenters. The maximum atomic E-state index is 6.27. The minimum absolute atomic E-state index is 0.246. The normalized spacial score (nSPS) is 13.9. The Hall–Kier alpha value is -0.190. The smallest absolute Gasteiger partial charge is 0.0834 e. The van der Waals surface area contributed by atoms with Gasteiger partial charge in [0.2, 0.25) is 0 Å². The molecule has 18 heavy (non-hydrogen) atoms. The summed E-state index contributed by atoms with van der Waals surface area (Å²) in [6, 6.07) is 0.246. The van der Waals surface area contributed by atoms with Gasteiger partial charge in [-0.2, -0.15) is 16.9 Å². The van der Waals surface area contributed by atoms with Gasteiger partial charge in [0.1, 0.15) is 0 Å². The number of nitrogens with zero attached hydrogens (tertiary/aromatic N) is 2. The van der Waals surface area contributed by atoms with Crippen molar-refractivity contribution in [2.24, 2.45) is 0 Å². The van der Waals surface area contributed by atoms with Crippen LogP contribution in [0.15, 0.2) is 6.20 Å². The highest BCUT2D eigenvalue weighted by Crippen LogP contribution is 2.31. The maximum Gasteiger partial charge on any atom is 0.0834 e. The fourth-order valence-electron chi connectivity index (χ4n) is 1.74. The first kappa shape index (κ1) is 15.9. The van der Waals surface area contributed by atoms with Gasteiger partial charge in [-0.3, -0.25) is 4.68 Å². The second-order valence-corrected chi connectivity index (χ2v) is 7.62. The van der Waals surface area contributed by atoms with Crippen LogP contribution in [0, 0.1) is 0 Å². The fourth-order valence-corrected chi connectivity index (χ4v) is 3.00. The molecule has 0 bridgehead atoms. The van der Waals surface area contributed by atoms with E-state index >= 15 is 0 Å². The van der Waals surface area contributed by atoms with Gasteiger partial charge in [0, 0.05) is 17.0 Å². The number of aryl methyl sites for hydroxylation is 1. The van der Waals surface area contributed by atoms with Gasteiger partial charge in [0.25, 0.3) is 0 Å². The molecule has 1 atom stereocenters. The molecule has 0 saturated carbocycles. The van der Waals surface area contributed by atoms with E-state index < -0.39 is 0 Å². The summed E-state index contributed by atoms with van der Waals surface area (Å²) in [4.78, 5) is 0. The summed E-state index contributed by atoms with van der Waals surface area (Å²) in [6.45, 7) is 9.76. The Morgan fingerprint density at radius 1 is 1.50 bits per heavy atom. The van der Waals surface area contributed by atoms with Crippen LogP contribution < -0.4 is 5.32 Å². The van der Waals surface area contributed by atoms with Crippen LogP contribution in [-0.4, -0.2) is 27.3 Å². The number of aromatic nitrogens is 2. The van der Waals surface area contributed by atoms with E-state index in [-0.39, 0.29) is 10.8 Å². The van der Waals surface area contributed by atoms with Crippen molar-refractivity contribution in [3.05, 3.63) is 16.9 Å². The molecule has 0 spiro atoms. The predicted octanol–water partition coefficient (Wildman–Crippen LogP) is 3.74. The van der Waals surface area contributed by atoms with Crippen molar-refractivity contribution in [2.75, 3.05) is 12.8 Å². The molecule has 1 rings (SSSR count). The highest BCUT2D eigenvalue weighted by atomic mass is 35.5. The van der Waals surface area contributed by atoms with E-state index in [1.165, 1.54) is 0 Å². The zero-order chi connectivity index (χ0) is 13.8. The minimum Gasteiger partial charge on any atom is -0.311 e. The van der Waals surface area contributed by atoms with Crippen LogP contribution in [0.5, 0.6) is 0 Å². The Labute approximate surface area is 120 Å². The predicted molar refractivity (Wildman–Crippen MR) is 81.5 cm³/mol. The fraction of sp³-hybridized carbons (Fsp3) is 0.769. The molecule has 5 heteroatoms. The number of hydrogen-bond acceptors (Lipinski definition) is 3. The molecule has 1 aromatic heterocycles. The molecule has 0 aliphatic rings. The molecule has 0 aromatic carbocycles. The average Bonchev–Trinajstić information content (AvgIpc) is 2.62. The van der Waals surface area contributed by atoms with Crippen LogP contribution in [0.3, 0.4) is 0 Å². The number of rotatable bonds is 6. The zero-order valence-corrected chi connectivity index (χ0v) is 13.5. The van der Waals surface area contributed by atoms with E-state index in [2.05, 4.69) is 38.1 Å². The summed E-state index contributed by atoms with van der Waals surface area (Å²) < 4.78 is 2.28. The van der Waals surface area contributed by atoms with Crippen molar-refractivity contribution < 1.29 is 0 Å². The van der Waals surface area contributed by atoms with Crippen LogP contribution in [0.4, 0.5) is 0 Å². The first-order valence-corrected chi connectivity index (χ1v) is 7.77. The first-order chi connectivity index (χ1) is 8.39. The topological polar surface area (TPSA) is 29.9 Å². The molecule has 1 heterocycles. The molecule has 1 aromatic rings. The second kappa shape index (κ2) is 6.83. The highest BCUT2D eigenvalue weighted by Gasteiger charge is 2.21. The van der Waals surface area contributed by atoms with Crippen molar-refractivity contribution in [3.8, 4) is 0 Å². The lowest BCUT2D eigenvalue weighted by Gasteiger charge is -2.23. The third-order valence-electron chi connectivity index (χ3n) is 2.63. The molecule has 104 valence electrons. The quantitative estimate of drug-likeness (QED) is 0.865. The van der Waals surface area contributed by atoms with E-state index in [0.717, 1.165) is 29.4 Å². The molecule has 0 aliphatic carbocycles. The van der Waals surface area contributed by atoms with Gasteiger partial charge in [-0.15, -0.1) is 0 Å². The molecule has 0 radical (unpaired) electrons. The SMILES string of the molecule is CCCn1ncc(Cl)c1C(CSC(C)(C)C)NC. The van der Waals surface area contributed by atoms with E-state index in [0.29, 0.717) is 0 Å². The van der Waals surface area contributed by atoms with Gasteiger partial charge in [0.15, 0.2) is 0 Å². The number of nitrogens with one attached hydrogen (secondary N) is 1. The van der Waals surface area contributed by atoms with Crippen LogP contribution in [0.2, 0.25) is 5.02 Å². The average molecular weight is 290 g/mol. The van der Waals surface area contributed by atoms with Gasteiger partial charge in [-0.1, -0.05) is 39.3 Å². The monoisotopic (exact) mass is 289 g/mol. The van der Waals surface area contributed by atoms with E-state index in [9.17, 15) is 0 Å². The Morgan fingerprint density at radius 3 is 2.67 bits per heavy atom. The van der Waals surface area contributed by atoms with Crippen LogP contribution in [0.1, 0.15) is 45.9 Å². The third kappa shape index (κ3) is 4.48. The van der Waals surface area contributed by atoms with Crippen molar-refractivity contribution in [2.45, 2.75) is 51.4 Å².